The quantitative estimate of drug-likeness (QED) is 0.687. The zero-order valence-electron chi connectivity index (χ0n) is 16.2. The molecule has 0 bridgehead atoms. The molecule has 29 heavy (non-hydrogen) atoms. The summed E-state index contributed by atoms with van der Waals surface area (Å²) >= 11 is 0. The van der Waals surface area contributed by atoms with Crippen LogP contribution in [0.4, 0.5) is 11.4 Å². The fraction of sp³-hybridized carbons (Fsp3) is 0.167. The zero-order chi connectivity index (χ0) is 20.2. The minimum Gasteiger partial charge on any atom is -0.457 e. The van der Waals surface area contributed by atoms with Gasteiger partial charge in [-0.3, -0.25) is 9.59 Å². The number of benzene rings is 3. The van der Waals surface area contributed by atoms with Crippen LogP contribution in [-0.4, -0.2) is 18.4 Å². The second-order valence-electron chi connectivity index (χ2n) is 7.12. The molecule has 1 heterocycles. The molecule has 0 saturated carbocycles. The number of nitrogens with one attached hydrogen (secondary N) is 1. The highest BCUT2D eigenvalue weighted by molar-refractivity contribution is 6.03. The standard InChI is InChI=1S/C24H22N2O3/c1-17-7-5-6-10-22(17)25-24(28)18-15-23(27)26(16-18)19-11-13-21(14-12-19)29-20-8-3-2-4-9-20/h2-14,18H,15-16H2,1H3,(H,25,28). The van der Waals surface area contributed by atoms with E-state index in [0.29, 0.717) is 12.3 Å². The van der Waals surface area contributed by atoms with Gasteiger partial charge in [0.15, 0.2) is 0 Å². The number of rotatable bonds is 5. The van der Waals surface area contributed by atoms with Crippen LogP contribution in [0.25, 0.3) is 0 Å². The molecule has 3 aromatic rings. The summed E-state index contributed by atoms with van der Waals surface area (Å²) in [7, 11) is 0. The molecule has 0 radical (unpaired) electrons. The summed E-state index contributed by atoms with van der Waals surface area (Å²) in [5.41, 5.74) is 2.54. The lowest BCUT2D eigenvalue weighted by Crippen LogP contribution is -2.28. The summed E-state index contributed by atoms with van der Waals surface area (Å²) in [6.45, 7) is 2.32. The molecule has 5 heteroatoms. The van der Waals surface area contributed by atoms with Gasteiger partial charge < -0.3 is 15.0 Å². The topological polar surface area (TPSA) is 58.6 Å². The Morgan fingerprint density at radius 1 is 0.931 bits per heavy atom. The SMILES string of the molecule is Cc1ccccc1NC(=O)C1CC(=O)N(c2ccc(Oc3ccccc3)cc2)C1. The Bertz CT molecular complexity index is 1020. The van der Waals surface area contributed by atoms with Gasteiger partial charge in [-0.15, -0.1) is 0 Å². The monoisotopic (exact) mass is 386 g/mol. The Kier molecular flexibility index (Phi) is 5.29. The van der Waals surface area contributed by atoms with Gasteiger partial charge in [-0.25, -0.2) is 0 Å². The Balaban J connectivity index is 1.41. The van der Waals surface area contributed by atoms with E-state index in [9.17, 15) is 9.59 Å². The Hall–Kier alpha value is -3.60. The first-order valence-corrected chi connectivity index (χ1v) is 9.60. The largest absolute Gasteiger partial charge is 0.457 e. The number of amides is 2. The van der Waals surface area contributed by atoms with Crippen molar-refractivity contribution in [2.45, 2.75) is 13.3 Å². The second kappa shape index (κ2) is 8.19. The predicted molar refractivity (Wildman–Crippen MR) is 113 cm³/mol. The van der Waals surface area contributed by atoms with Crippen molar-refractivity contribution in [3.8, 4) is 11.5 Å². The van der Waals surface area contributed by atoms with Gasteiger partial charge >= 0.3 is 0 Å². The van der Waals surface area contributed by atoms with Crippen LogP contribution in [0.15, 0.2) is 78.9 Å². The van der Waals surface area contributed by atoms with Crippen LogP contribution in [0.3, 0.4) is 0 Å². The summed E-state index contributed by atoms with van der Waals surface area (Å²) in [5, 5.41) is 2.94. The van der Waals surface area contributed by atoms with Gasteiger partial charge in [0.05, 0.1) is 5.92 Å². The van der Waals surface area contributed by atoms with Gasteiger partial charge in [-0.2, -0.15) is 0 Å². The van der Waals surface area contributed by atoms with Crippen molar-refractivity contribution in [2.75, 3.05) is 16.8 Å². The summed E-state index contributed by atoms with van der Waals surface area (Å²) < 4.78 is 5.79. The van der Waals surface area contributed by atoms with Gasteiger partial charge in [-0.1, -0.05) is 36.4 Å². The number of hydrogen-bond donors (Lipinski definition) is 1. The van der Waals surface area contributed by atoms with Crippen molar-refractivity contribution < 1.29 is 14.3 Å². The highest BCUT2D eigenvalue weighted by Crippen LogP contribution is 2.29. The average molecular weight is 386 g/mol. The summed E-state index contributed by atoms with van der Waals surface area (Å²) in [4.78, 5) is 26.8. The molecule has 146 valence electrons. The van der Waals surface area contributed by atoms with Crippen LogP contribution in [-0.2, 0) is 9.59 Å². The molecular weight excluding hydrogens is 364 g/mol. The summed E-state index contributed by atoms with van der Waals surface area (Å²) in [6.07, 6.45) is 0.208. The third kappa shape index (κ3) is 4.29. The molecule has 0 aromatic heterocycles. The predicted octanol–water partition coefficient (Wildman–Crippen LogP) is 4.78. The van der Waals surface area contributed by atoms with E-state index in [4.69, 9.17) is 4.74 Å². The number of ether oxygens (including phenoxy) is 1. The van der Waals surface area contributed by atoms with Gasteiger partial charge in [0.2, 0.25) is 11.8 Å². The van der Waals surface area contributed by atoms with E-state index in [1.54, 1.807) is 4.90 Å². The molecule has 1 saturated heterocycles. The summed E-state index contributed by atoms with van der Waals surface area (Å²) in [6, 6.07) is 24.5. The fourth-order valence-electron chi connectivity index (χ4n) is 3.40. The number of aryl methyl sites for hydroxylation is 1. The van der Waals surface area contributed by atoms with Crippen LogP contribution in [0.5, 0.6) is 11.5 Å². The number of carbonyl (C=O) groups excluding carboxylic acids is 2. The Morgan fingerprint density at radius 2 is 1.59 bits per heavy atom. The number of carbonyl (C=O) groups is 2. The van der Waals surface area contributed by atoms with Crippen molar-refractivity contribution in [1.82, 2.24) is 0 Å². The van der Waals surface area contributed by atoms with Crippen molar-refractivity contribution in [3.63, 3.8) is 0 Å². The Labute approximate surface area is 169 Å². The van der Waals surface area contributed by atoms with Crippen molar-refractivity contribution in [2.24, 2.45) is 5.92 Å². The van der Waals surface area contributed by atoms with Gasteiger partial charge in [-0.05, 0) is 55.0 Å². The molecule has 2 amide bonds. The Morgan fingerprint density at radius 3 is 2.31 bits per heavy atom. The van der Waals surface area contributed by atoms with Crippen LogP contribution in [0, 0.1) is 12.8 Å². The number of hydrogen-bond acceptors (Lipinski definition) is 3. The number of anilines is 2. The molecule has 3 aromatic carbocycles. The highest BCUT2D eigenvalue weighted by atomic mass is 16.5. The van der Waals surface area contributed by atoms with E-state index < -0.39 is 0 Å². The maximum absolute atomic E-state index is 12.6. The van der Waals surface area contributed by atoms with Crippen LogP contribution < -0.4 is 15.0 Å². The molecule has 1 fully saturated rings. The lowest BCUT2D eigenvalue weighted by Gasteiger charge is -2.17. The molecule has 1 atom stereocenters. The average Bonchev–Trinajstić information content (AvgIpc) is 3.13. The van der Waals surface area contributed by atoms with Crippen molar-refractivity contribution in [1.29, 1.82) is 0 Å². The molecule has 0 spiro atoms. The van der Waals surface area contributed by atoms with Crippen LogP contribution in [0.1, 0.15) is 12.0 Å². The second-order valence-corrected chi connectivity index (χ2v) is 7.12. The highest BCUT2D eigenvalue weighted by Gasteiger charge is 2.35. The lowest BCUT2D eigenvalue weighted by atomic mass is 10.1. The van der Waals surface area contributed by atoms with Gasteiger partial charge in [0, 0.05) is 24.3 Å². The summed E-state index contributed by atoms with van der Waals surface area (Å²) in [5.74, 6) is 0.902. The molecular formula is C24H22N2O3. The maximum Gasteiger partial charge on any atom is 0.229 e. The minimum atomic E-state index is -0.373. The zero-order valence-corrected chi connectivity index (χ0v) is 16.2. The third-order valence-electron chi connectivity index (χ3n) is 5.03. The van der Waals surface area contributed by atoms with E-state index in [-0.39, 0.29) is 24.2 Å². The lowest BCUT2D eigenvalue weighted by molar-refractivity contribution is -0.122. The van der Waals surface area contributed by atoms with E-state index in [2.05, 4.69) is 5.32 Å². The first kappa shape index (κ1) is 18.7. The van der Waals surface area contributed by atoms with Gasteiger partial charge in [0.1, 0.15) is 11.5 Å². The van der Waals surface area contributed by atoms with E-state index in [1.165, 1.54) is 0 Å². The maximum atomic E-state index is 12.6. The number of para-hydroxylation sites is 2. The first-order valence-electron chi connectivity index (χ1n) is 9.60. The third-order valence-corrected chi connectivity index (χ3v) is 5.03. The van der Waals surface area contributed by atoms with E-state index in [0.717, 1.165) is 22.7 Å². The first-order chi connectivity index (χ1) is 14.1. The minimum absolute atomic E-state index is 0.0494. The smallest absolute Gasteiger partial charge is 0.229 e. The fourth-order valence-corrected chi connectivity index (χ4v) is 3.40. The van der Waals surface area contributed by atoms with E-state index >= 15 is 0 Å². The number of nitrogens with zero attached hydrogens (tertiary/aromatic N) is 1. The molecule has 1 aliphatic heterocycles. The molecule has 1 aliphatic rings. The van der Waals surface area contributed by atoms with Crippen molar-refractivity contribution in [3.05, 3.63) is 84.4 Å². The van der Waals surface area contributed by atoms with Crippen molar-refractivity contribution >= 4 is 23.2 Å². The van der Waals surface area contributed by atoms with Crippen LogP contribution in [0.2, 0.25) is 0 Å². The van der Waals surface area contributed by atoms with Crippen LogP contribution >= 0.6 is 0 Å². The molecule has 5 nitrogen and oxygen atoms in total. The molecule has 1 N–H and O–H groups in total. The molecule has 4 rings (SSSR count). The van der Waals surface area contributed by atoms with Gasteiger partial charge in [0.25, 0.3) is 0 Å². The van der Waals surface area contributed by atoms with E-state index in [1.807, 2.05) is 85.8 Å². The molecule has 1 unspecified atom stereocenters. The normalized spacial score (nSPS) is 16.0. The molecule has 0 aliphatic carbocycles.